The van der Waals surface area contributed by atoms with Crippen LogP contribution in [0.15, 0.2) is 12.3 Å². The van der Waals surface area contributed by atoms with Gasteiger partial charge < -0.3 is 16.0 Å². The average molecular weight is 311 g/mol. The minimum absolute atomic E-state index is 0.203. The number of pyridine rings is 1. The lowest BCUT2D eigenvalue weighted by atomic mass is 9.87. The molecule has 2 aromatic rings. The predicted molar refractivity (Wildman–Crippen MR) is 90.3 cm³/mol. The molecular formula is C16H21N7. The third-order valence-electron chi connectivity index (χ3n) is 3.99. The number of fused-ring (bicyclic) bond motifs is 1. The van der Waals surface area contributed by atoms with Crippen molar-refractivity contribution in [3.63, 3.8) is 0 Å². The first-order valence-electron chi connectivity index (χ1n) is 7.87. The fourth-order valence-corrected chi connectivity index (χ4v) is 2.69. The Balaban J connectivity index is 1.89. The first kappa shape index (κ1) is 15.4. The van der Waals surface area contributed by atoms with Crippen LogP contribution >= 0.6 is 0 Å². The normalized spacial score (nSPS) is 20.1. The molecule has 0 atom stereocenters. The Morgan fingerprint density at radius 1 is 1.26 bits per heavy atom. The van der Waals surface area contributed by atoms with Gasteiger partial charge in [0.2, 0.25) is 5.95 Å². The first-order chi connectivity index (χ1) is 11.1. The number of hydrogen-bond donors (Lipinski definition) is 3. The first-order valence-corrected chi connectivity index (χ1v) is 7.87. The summed E-state index contributed by atoms with van der Waals surface area (Å²) in [6.07, 6.45) is 3.88. The van der Waals surface area contributed by atoms with Crippen LogP contribution < -0.4 is 16.0 Å². The van der Waals surface area contributed by atoms with Crippen molar-refractivity contribution < 1.29 is 0 Å². The molecule has 23 heavy (non-hydrogen) atoms. The highest BCUT2D eigenvalue weighted by Gasteiger charge is 2.28. The van der Waals surface area contributed by atoms with E-state index in [9.17, 15) is 0 Å². The van der Waals surface area contributed by atoms with Crippen molar-refractivity contribution in [2.45, 2.75) is 44.8 Å². The second-order valence-corrected chi connectivity index (χ2v) is 6.20. The van der Waals surface area contributed by atoms with Crippen molar-refractivity contribution >= 4 is 22.7 Å². The summed E-state index contributed by atoms with van der Waals surface area (Å²) >= 11 is 0. The van der Waals surface area contributed by atoms with Gasteiger partial charge in [-0.05, 0) is 39.8 Å². The van der Waals surface area contributed by atoms with Gasteiger partial charge in [0.05, 0.1) is 0 Å². The molecule has 0 unspecified atom stereocenters. The molecular weight excluding hydrogens is 290 g/mol. The topological polar surface area (TPSA) is 98.5 Å². The summed E-state index contributed by atoms with van der Waals surface area (Å²) < 4.78 is 0. The molecule has 0 bridgehead atoms. The second kappa shape index (κ2) is 6.34. The van der Waals surface area contributed by atoms with Crippen LogP contribution in [0.4, 0.5) is 11.8 Å². The Kier molecular flexibility index (Phi) is 4.26. The van der Waals surface area contributed by atoms with Crippen LogP contribution in [-0.4, -0.2) is 40.1 Å². The van der Waals surface area contributed by atoms with Gasteiger partial charge in [0.15, 0.2) is 5.82 Å². The number of anilines is 2. The lowest BCUT2D eigenvalue weighted by Gasteiger charge is -2.35. The monoisotopic (exact) mass is 311 g/mol. The summed E-state index contributed by atoms with van der Waals surface area (Å²) in [5.41, 5.74) is 1.10. The molecule has 2 aromatic heterocycles. The van der Waals surface area contributed by atoms with Crippen molar-refractivity contribution in [1.82, 2.24) is 20.3 Å². The highest BCUT2D eigenvalue weighted by molar-refractivity contribution is 5.89. The fourth-order valence-electron chi connectivity index (χ4n) is 2.69. The largest absolute Gasteiger partial charge is 0.366 e. The Morgan fingerprint density at radius 3 is 2.70 bits per heavy atom. The molecule has 120 valence electrons. The van der Waals surface area contributed by atoms with Gasteiger partial charge >= 0.3 is 0 Å². The standard InChI is InChI=1S/C16H21N7/c1-9(2)20-15-14-10(4-13(7-17)21-15)8-19-16(23-14)22-12-5-11(6-12)18-3/h4,8-9,11-12,18H,5-6H2,1-3H3,(H,20,21)(H,19,22,23)/t11-,12-. The fraction of sp³-hybridized carbons (Fsp3) is 0.500. The number of hydrogen-bond acceptors (Lipinski definition) is 7. The van der Waals surface area contributed by atoms with Gasteiger partial charge in [0, 0.05) is 29.7 Å². The van der Waals surface area contributed by atoms with Crippen LogP contribution in [0.3, 0.4) is 0 Å². The molecule has 0 amide bonds. The Morgan fingerprint density at radius 2 is 2.04 bits per heavy atom. The molecule has 1 aliphatic rings. The van der Waals surface area contributed by atoms with Crippen LogP contribution in [-0.2, 0) is 0 Å². The SMILES string of the molecule is CN[C@H]1C[C@H](Nc2ncc3cc(C#N)nc(NC(C)C)c3n2)C1. The number of nitrogens with one attached hydrogen (secondary N) is 3. The van der Waals surface area contributed by atoms with E-state index < -0.39 is 0 Å². The molecule has 1 aliphatic carbocycles. The van der Waals surface area contributed by atoms with Crippen LogP contribution in [0.1, 0.15) is 32.4 Å². The lowest BCUT2D eigenvalue weighted by Crippen LogP contribution is -2.46. The number of aromatic nitrogens is 3. The smallest absolute Gasteiger partial charge is 0.223 e. The van der Waals surface area contributed by atoms with Crippen LogP contribution in [0.25, 0.3) is 10.9 Å². The number of rotatable bonds is 5. The molecule has 1 saturated carbocycles. The maximum atomic E-state index is 9.12. The molecule has 0 aromatic carbocycles. The maximum Gasteiger partial charge on any atom is 0.223 e. The van der Waals surface area contributed by atoms with Gasteiger partial charge in [0.1, 0.15) is 17.3 Å². The summed E-state index contributed by atoms with van der Waals surface area (Å²) in [5.74, 6) is 1.23. The summed E-state index contributed by atoms with van der Waals surface area (Å²) in [4.78, 5) is 13.3. The van der Waals surface area contributed by atoms with Crippen molar-refractivity contribution in [3.05, 3.63) is 18.0 Å². The highest BCUT2D eigenvalue weighted by atomic mass is 15.1. The van der Waals surface area contributed by atoms with Gasteiger partial charge in [-0.15, -0.1) is 0 Å². The molecule has 2 heterocycles. The lowest BCUT2D eigenvalue weighted by molar-refractivity contribution is 0.325. The van der Waals surface area contributed by atoms with Crippen LogP contribution in [0, 0.1) is 11.3 Å². The maximum absolute atomic E-state index is 9.12. The molecule has 3 rings (SSSR count). The van der Waals surface area contributed by atoms with E-state index in [1.165, 1.54) is 0 Å². The zero-order chi connectivity index (χ0) is 16.4. The van der Waals surface area contributed by atoms with Gasteiger partial charge in [-0.3, -0.25) is 0 Å². The van der Waals surface area contributed by atoms with Crippen molar-refractivity contribution in [3.8, 4) is 6.07 Å². The number of nitrogens with zero attached hydrogens (tertiary/aromatic N) is 4. The van der Waals surface area contributed by atoms with Crippen molar-refractivity contribution in [1.29, 1.82) is 5.26 Å². The van der Waals surface area contributed by atoms with E-state index in [1.807, 2.05) is 20.9 Å². The minimum Gasteiger partial charge on any atom is -0.366 e. The molecule has 0 spiro atoms. The van der Waals surface area contributed by atoms with Gasteiger partial charge in [-0.1, -0.05) is 0 Å². The van der Waals surface area contributed by atoms with Crippen LogP contribution in [0.2, 0.25) is 0 Å². The molecule has 3 N–H and O–H groups in total. The van der Waals surface area contributed by atoms with Gasteiger partial charge in [-0.25, -0.2) is 15.0 Å². The molecule has 0 radical (unpaired) electrons. The molecule has 0 aliphatic heterocycles. The van der Waals surface area contributed by atoms with E-state index in [4.69, 9.17) is 5.26 Å². The van der Waals surface area contributed by atoms with Crippen LogP contribution in [0.5, 0.6) is 0 Å². The summed E-state index contributed by atoms with van der Waals surface area (Å²) in [6.45, 7) is 4.05. The van der Waals surface area contributed by atoms with Gasteiger partial charge in [-0.2, -0.15) is 5.26 Å². The molecule has 7 nitrogen and oxygen atoms in total. The average Bonchev–Trinajstić information content (AvgIpc) is 2.49. The van der Waals surface area contributed by atoms with E-state index in [2.05, 4.69) is 37.0 Å². The summed E-state index contributed by atoms with van der Waals surface area (Å²) in [6, 6.07) is 4.97. The predicted octanol–water partition coefficient (Wildman–Crippen LogP) is 1.88. The van der Waals surface area contributed by atoms with E-state index in [1.54, 1.807) is 12.3 Å². The molecule has 7 heteroatoms. The van der Waals surface area contributed by atoms with E-state index in [0.29, 0.717) is 29.5 Å². The molecule has 1 fully saturated rings. The van der Waals surface area contributed by atoms with E-state index in [-0.39, 0.29) is 6.04 Å². The molecule has 0 saturated heterocycles. The quantitative estimate of drug-likeness (QED) is 0.775. The number of nitriles is 1. The highest BCUT2D eigenvalue weighted by Crippen LogP contribution is 2.25. The second-order valence-electron chi connectivity index (χ2n) is 6.20. The van der Waals surface area contributed by atoms with Crippen molar-refractivity contribution in [2.75, 3.05) is 17.7 Å². The minimum atomic E-state index is 0.203. The Labute approximate surface area is 135 Å². The van der Waals surface area contributed by atoms with E-state index in [0.717, 1.165) is 23.7 Å². The third kappa shape index (κ3) is 3.32. The summed E-state index contributed by atoms with van der Waals surface area (Å²) in [5, 5.41) is 19.8. The van der Waals surface area contributed by atoms with Crippen molar-refractivity contribution in [2.24, 2.45) is 0 Å². The Hall–Kier alpha value is -2.46. The Bertz CT molecular complexity index is 744. The third-order valence-corrected chi connectivity index (χ3v) is 3.99. The van der Waals surface area contributed by atoms with Gasteiger partial charge in [0.25, 0.3) is 0 Å². The summed E-state index contributed by atoms with van der Waals surface area (Å²) in [7, 11) is 1.98. The van der Waals surface area contributed by atoms with E-state index >= 15 is 0 Å². The zero-order valence-corrected chi connectivity index (χ0v) is 13.6. The zero-order valence-electron chi connectivity index (χ0n) is 13.6.